The Balaban J connectivity index is 1.52. The first-order valence-corrected chi connectivity index (χ1v) is 9.45. The number of hydrogen-bond donors (Lipinski definition) is 1. The maximum Gasteiger partial charge on any atom is 0.321 e. The van der Waals surface area contributed by atoms with E-state index in [0.717, 1.165) is 62.6 Å². The van der Waals surface area contributed by atoms with Crippen LogP contribution in [0.3, 0.4) is 0 Å². The van der Waals surface area contributed by atoms with Crippen molar-refractivity contribution in [1.82, 2.24) is 14.7 Å². The molecule has 7 heteroatoms. The van der Waals surface area contributed by atoms with Crippen LogP contribution in [0.2, 0.25) is 5.02 Å². The molecule has 2 fully saturated rings. The van der Waals surface area contributed by atoms with Crippen molar-refractivity contribution in [3.8, 4) is 5.69 Å². The van der Waals surface area contributed by atoms with Gasteiger partial charge in [-0.05, 0) is 31.4 Å². The molecule has 2 aliphatic heterocycles. The van der Waals surface area contributed by atoms with Gasteiger partial charge < -0.3 is 15.0 Å². The van der Waals surface area contributed by atoms with Gasteiger partial charge in [0.2, 0.25) is 0 Å². The molecule has 0 bridgehead atoms. The summed E-state index contributed by atoms with van der Waals surface area (Å²) in [5.41, 5.74) is 2.65. The largest absolute Gasteiger partial charge is 0.381 e. The topological polar surface area (TPSA) is 59.4 Å². The van der Waals surface area contributed by atoms with E-state index >= 15 is 0 Å². The van der Waals surface area contributed by atoms with Crippen molar-refractivity contribution in [2.24, 2.45) is 5.41 Å². The fourth-order valence-corrected chi connectivity index (χ4v) is 4.14. The molecule has 0 aliphatic carbocycles. The third-order valence-electron chi connectivity index (χ3n) is 5.44. The zero-order valence-corrected chi connectivity index (χ0v) is 15.6. The Morgan fingerprint density at radius 2 is 2.23 bits per heavy atom. The third-order valence-corrected chi connectivity index (χ3v) is 5.76. The van der Waals surface area contributed by atoms with Crippen molar-refractivity contribution in [2.45, 2.75) is 26.2 Å². The highest BCUT2D eigenvalue weighted by Gasteiger charge is 2.42. The van der Waals surface area contributed by atoms with Crippen molar-refractivity contribution in [2.75, 3.05) is 31.6 Å². The van der Waals surface area contributed by atoms with Crippen molar-refractivity contribution in [1.29, 1.82) is 0 Å². The molecular weight excluding hydrogens is 352 g/mol. The van der Waals surface area contributed by atoms with Crippen LogP contribution < -0.4 is 5.32 Å². The summed E-state index contributed by atoms with van der Waals surface area (Å²) in [7, 11) is 0. The summed E-state index contributed by atoms with van der Waals surface area (Å²) in [5.74, 6) is 0. The number of hydrogen-bond acceptors (Lipinski definition) is 3. The molecule has 2 saturated heterocycles. The van der Waals surface area contributed by atoms with Crippen molar-refractivity contribution >= 4 is 23.3 Å². The first kappa shape index (κ1) is 17.4. The average Bonchev–Trinajstić information content (AvgIpc) is 3.37. The van der Waals surface area contributed by atoms with Crippen LogP contribution in [0.5, 0.6) is 0 Å². The number of benzene rings is 1. The van der Waals surface area contributed by atoms with Gasteiger partial charge in [0.05, 0.1) is 34.9 Å². The molecule has 1 N–H and O–H groups in total. The predicted molar refractivity (Wildman–Crippen MR) is 101 cm³/mol. The Hall–Kier alpha value is -2.05. The first-order valence-electron chi connectivity index (χ1n) is 9.07. The maximum absolute atomic E-state index is 12.7. The summed E-state index contributed by atoms with van der Waals surface area (Å²) in [6.07, 6.45) is 4.49. The highest BCUT2D eigenvalue weighted by Crippen LogP contribution is 2.38. The van der Waals surface area contributed by atoms with Crippen LogP contribution in [-0.4, -0.2) is 47.0 Å². The van der Waals surface area contributed by atoms with Gasteiger partial charge >= 0.3 is 6.03 Å². The van der Waals surface area contributed by atoms with Crippen molar-refractivity contribution in [3.05, 3.63) is 41.2 Å². The van der Waals surface area contributed by atoms with Crippen LogP contribution >= 0.6 is 11.6 Å². The summed E-state index contributed by atoms with van der Waals surface area (Å²) >= 11 is 6.31. The minimum absolute atomic E-state index is 0.0674. The highest BCUT2D eigenvalue weighted by atomic mass is 35.5. The molecule has 4 rings (SSSR count). The maximum atomic E-state index is 12.7. The number of rotatable bonds is 3. The summed E-state index contributed by atoms with van der Waals surface area (Å²) in [6.45, 7) is 5.15. The zero-order chi connectivity index (χ0) is 18.1. The summed E-state index contributed by atoms with van der Waals surface area (Å²) in [4.78, 5) is 14.6. The molecule has 138 valence electrons. The van der Waals surface area contributed by atoms with Gasteiger partial charge in [0.15, 0.2) is 0 Å². The minimum atomic E-state index is -0.0674. The zero-order valence-electron chi connectivity index (χ0n) is 14.9. The SMILES string of the molecule is CCc1c(NC(=O)N2CCC3(CCOC3)C2)cnn1-c1ccccc1Cl. The van der Waals surface area contributed by atoms with E-state index in [9.17, 15) is 4.79 Å². The number of nitrogens with zero attached hydrogens (tertiary/aromatic N) is 3. The molecule has 3 heterocycles. The van der Waals surface area contributed by atoms with E-state index in [-0.39, 0.29) is 11.4 Å². The van der Waals surface area contributed by atoms with E-state index in [1.807, 2.05) is 36.1 Å². The number of likely N-dealkylation sites (tertiary alicyclic amines) is 1. The van der Waals surface area contributed by atoms with Crippen LogP contribution in [0.4, 0.5) is 10.5 Å². The van der Waals surface area contributed by atoms with Gasteiger partial charge in [0.25, 0.3) is 0 Å². The number of nitrogens with one attached hydrogen (secondary N) is 1. The van der Waals surface area contributed by atoms with E-state index in [1.54, 1.807) is 10.9 Å². The minimum Gasteiger partial charge on any atom is -0.381 e. The first-order chi connectivity index (χ1) is 12.6. The Morgan fingerprint density at radius 3 is 2.96 bits per heavy atom. The number of carbonyl (C=O) groups is 1. The van der Waals surface area contributed by atoms with E-state index in [2.05, 4.69) is 10.4 Å². The van der Waals surface area contributed by atoms with Crippen LogP contribution in [-0.2, 0) is 11.2 Å². The smallest absolute Gasteiger partial charge is 0.321 e. The normalized spacial score (nSPS) is 22.3. The second-order valence-electron chi connectivity index (χ2n) is 7.13. The molecule has 2 aromatic rings. The quantitative estimate of drug-likeness (QED) is 0.890. The Morgan fingerprint density at radius 1 is 1.38 bits per heavy atom. The lowest BCUT2D eigenvalue weighted by Crippen LogP contribution is -2.35. The van der Waals surface area contributed by atoms with E-state index in [0.29, 0.717) is 5.02 Å². The van der Waals surface area contributed by atoms with Crippen molar-refractivity contribution < 1.29 is 9.53 Å². The Kier molecular flexibility index (Phi) is 4.63. The monoisotopic (exact) mass is 374 g/mol. The average molecular weight is 375 g/mol. The van der Waals surface area contributed by atoms with Crippen molar-refractivity contribution in [3.63, 3.8) is 0 Å². The standard InChI is InChI=1S/C19H23ClN4O2/c1-2-16-15(11-21-24(16)17-6-4-3-5-14(17)20)22-18(25)23-9-7-19(12-23)8-10-26-13-19/h3-6,11H,2,7-10,12-13H2,1H3,(H,22,25). The Bertz CT molecular complexity index is 814. The fraction of sp³-hybridized carbons (Fsp3) is 0.474. The third kappa shape index (κ3) is 3.08. The molecule has 1 aromatic heterocycles. The number of amides is 2. The Labute approximate surface area is 158 Å². The highest BCUT2D eigenvalue weighted by molar-refractivity contribution is 6.32. The van der Waals surface area contributed by atoms with Gasteiger partial charge in [0.1, 0.15) is 0 Å². The van der Waals surface area contributed by atoms with E-state index < -0.39 is 0 Å². The summed E-state index contributed by atoms with van der Waals surface area (Å²) in [6, 6.07) is 7.50. The van der Waals surface area contributed by atoms with Gasteiger partial charge in [-0.15, -0.1) is 0 Å². The van der Waals surface area contributed by atoms with Gasteiger partial charge in [0, 0.05) is 25.1 Å². The summed E-state index contributed by atoms with van der Waals surface area (Å²) < 4.78 is 7.34. The van der Waals surface area contributed by atoms with Gasteiger partial charge in [-0.25, -0.2) is 9.48 Å². The van der Waals surface area contributed by atoms with E-state index in [4.69, 9.17) is 16.3 Å². The van der Waals surface area contributed by atoms with Gasteiger partial charge in [-0.2, -0.15) is 5.10 Å². The number of anilines is 1. The number of aromatic nitrogens is 2. The predicted octanol–water partition coefficient (Wildman–Crippen LogP) is 3.73. The molecule has 1 aromatic carbocycles. The lowest BCUT2D eigenvalue weighted by Gasteiger charge is -2.22. The molecular formula is C19H23ClN4O2. The molecule has 2 aliphatic rings. The molecule has 6 nitrogen and oxygen atoms in total. The van der Waals surface area contributed by atoms with Crippen LogP contribution in [0.25, 0.3) is 5.69 Å². The summed E-state index contributed by atoms with van der Waals surface area (Å²) in [5, 5.41) is 8.12. The lowest BCUT2D eigenvalue weighted by atomic mass is 9.87. The number of para-hydroxylation sites is 1. The molecule has 1 spiro atoms. The lowest BCUT2D eigenvalue weighted by molar-refractivity contribution is 0.154. The van der Waals surface area contributed by atoms with Crippen LogP contribution in [0.15, 0.2) is 30.5 Å². The number of ether oxygens (including phenoxy) is 1. The van der Waals surface area contributed by atoms with E-state index in [1.165, 1.54) is 0 Å². The van der Waals surface area contributed by atoms with Crippen LogP contribution in [0.1, 0.15) is 25.5 Å². The number of urea groups is 1. The van der Waals surface area contributed by atoms with Gasteiger partial charge in [-0.3, -0.25) is 0 Å². The number of carbonyl (C=O) groups excluding carboxylic acids is 1. The second-order valence-corrected chi connectivity index (χ2v) is 7.53. The molecule has 0 radical (unpaired) electrons. The molecule has 1 unspecified atom stereocenters. The molecule has 0 saturated carbocycles. The molecule has 26 heavy (non-hydrogen) atoms. The van der Waals surface area contributed by atoms with Crippen LogP contribution in [0, 0.1) is 5.41 Å². The second kappa shape index (κ2) is 6.93. The molecule has 2 amide bonds. The fourth-order valence-electron chi connectivity index (χ4n) is 3.92. The number of halogens is 1. The van der Waals surface area contributed by atoms with Gasteiger partial charge in [-0.1, -0.05) is 30.7 Å². The molecule has 1 atom stereocenters.